The molecule has 1 aliphatic heterocycles. The Hall–Kier alpha value is -1.59. The van der Waals surface area contributed by atoms with Crippen molar-refractivity contribution >= 4 is 33.0 Å². The van der Waals surface area contributed by atoms with Crippen LogP contribution in [-0.2, 0) is 10.0 Å². The van der Waals surface area contributed by atoms with Crippen molar-refractivity contribution in [3.63, 3.8) is 0 Å². The molecule has 1 saturated heterocycles. The second kappa shape index (κ2) is 7.34. The molecule has 1 aromatic rings. The fraction of sp³-hybridized carbons (Fsp3) is 0.538. The lowest BCUT2D eigenvalue weighted by Gasteiger charge is -2.31. The average molecular weight is 402 g/mol. The smallest absolute Gasteiger partial charge is 0.379 e. The minimum absolute atomic E-state index is 0.102. The molecule has 140 valence electrons. The van der Waals surface area contributed by atoms with E-state index in [2.05, 4.69) is 5.32 Å². The lowest BCUT2D eigenvalue weighted by molar-refractivity contribution is -0.383. The van der Waals surface area contributed by atoms with Gasteiger partial charge in [-0.15, -0.1) is 0 Å². The Balaban J connectivity index is 1.95. The normalized spacial score (nSPS) is 17.4. The van der Waals surface area contributed by atoms with Crippen LogP contribution in [0, 0.1) is 16.0 Å². The van der Waals surface area contributed by atoms with Gasteiger partial charge in [0, 0.05) is 30.7 Å². The van der Waals surface area contributed by atoms with Gasteiger partial charge < -0.3 is 5.32 Å². The molecule has 1 heterocycles. The number of nitro groups is 1. The van der Waals surface area contributed by atoms with Gasteiger partial charge in [-0.05, 0) is 30.9 Å². The highest BCUT2D eigenvalue weighted by molar-refractivity contribution is 7.90. The first-order valence-electron chi connectivity index (χ1n) is 7.26. The molecular weight excluding hydrogens is 387 g/mol. The van der Waals surface area contributed by atoms with Gasteiger partial charge in [-0.1, -0.05) is 11.6 Å². The Morgan fingerprint density at radius 2 is 1.92 bits per heavy atom. The largest absolute Gasteiger partial charge is 0.511 e. The van der Waals surface area contributed by atoms with Crippen LogP contribution in [0.1, 0.15) is 12.8 Å². The standard InChI is InChI=1S/C13H15ClF3N3O4S/c14-10-1-2-11(12(7-10)20(21)22)18-8-9-3-5-19(6-4-9)25(23,24)13(15,16)17/h1-2,7,9,18H,3-6,8H2. The zero-order valence-electron chi connectivity index (χ0n) is 12.8. The molecule has 1 aromatic carbocycles. The third-order valence-electron chi connectivity index (χ3n) is 3.94. The molecule has 1 aliphatic rings. The first-order valence-corrected chi connectivity index (χ1v) is 9.08. The summed E-state index contributed by atoms with van der Waals surface area (Å²) in [5, 5.41) is 14.1. The summed E-state index contributed by atoms with van der Waals surface area (Å²) < 4.78 is 60.7. The molecule has 25 heavy (non-hydrogen) atoms. The Bertz CT molecular complexity index is 749. The first kappa shape index (κ1) is 19.7. The maximum absolute atomic E-state index is 12.5. The maximum atomic E-state index is 12.5. The molecule has 1 fully saturated rings. The zero-order valence-corrected chi connectivity index (χ0v) is 14.4. The quantitative estimate of drug-likeness (QED) is 0.604. The van der Waals surface area contributed by atoms with Gasteiger partial charge in [0.15, 0.2) is 0 Å². The van der Waals surface area contributed by atoms with E-state index in [9.17, 15) is 31.7 Å². The van der Waals surface area contributed by atoms with Gasteiger partial charge in [0.1, 0.15) is 5.69 Å². The third-order valence-corrected chi connectivity index (χ3v) is 5.81. The third kappa shape index (κ3) is 4.53. The number of anilines is 1. The lowest BCUT2D eigenvalue weighted by Crippen LogP contribution is -2.45. The van der Waals surface area contributed by atoms with Crippen LogP contribution < -0.4 is 5.32 Å². The fourth-order valence-corrected chi connectivity index (χ4v) is 3.71. The monoisotopic (exact) mass is 401 g/mol. The highest BCUT2D eigenvalue weighted by Gasteiger charge is 2.50. The van der Waals surface area contributed by atoms with E-state index in [1.807, 2.05) is 0 Å². The summed E-state index contributed by atoms with van der Waals surface area (Å²) >= 11 is 5.72. The number of nitro benzene ring substituents is 1. The SMILES string of the molecule is O=[N+]([O-])c1cc(Cl)ccc1NCC1CCN(S(=O)(=O)C(F)(F)F)CC1. The summed E-state index contributed by atoms with van der Waals surface area (Å²) in [6, 6.07) is 4.13. The Morgan fingerprint density at radius 1 is 1.32 bits per heavy atom. The number of hydrogen-bond donors (Lipinski definition) is 1. The summed E-state index contributed by atoms with van der Waals surface area (Å²) in [4.78, 5) is 10.4. The second-order valence-electron chi connectivity index (χ2n) is 5.59. The highest BCUT2D eigenvalue weighted by atomic mass is 35.5. The van der Waals surface area contributed by atoms with Crippen molar-refractivity contribution in [1.29, 1.82) is 0 Å². The molecule has 1 N–H and O–H groups in total. The van der Waals surface area contributed by atoms with Crippen LogP contribution in [-0.4, -0.2) is 42.8 Å². The van der Waals surface area contributed by atoms with Crippen LogP contribution >= 0.6 is 11.6 Å². The van der Waals surface area contributed by atoms with E-state index >= 15 is 0 Å². The van der Waals surface area contributed by atoms with Crippen LogP contribution in [0.25, 0.3) is 0 Å². The van der Waals surface area contributed by atoms with Crippen molar-refractivity contribution in [3.8, 4) is 0 Å². The topological polar surface area (TPSA) is 92.6 Å². The Labute approximate surface area is 147 Å². The van der Waals surface area contributed by atoms with E-state index in [1.54, 1.807) is 0 Å². The van der Waals surface area contributed by atoms with E-state index in [0.717, 1.165) is 0 Å². The van der Waals surface area contributed by atoms with E-state index in [0.29, 0.717) is 4.31 Å². The van der Waals surface area contributed by atoms with Gasteiger partial charge in [-0.2, -0.15) is 17.5 Å². The summed E-state index contributed by atoms with van der Waals surface area (Å²) in [5.41, 5.74) is -5.26. The Kier molecular flexibility index (Phi) is 5.79. The average Bonchev–Trinajstić information content (AvgIpc) is 2.53. The van der Waals surface area contributed by atoms with Crippen LogP contribution in [0.2, 0.25) is 5.02 Å². The van der Waals surface area contributed by atoms with Crippen molar-refractivity contribution in [3.05, 3.63) is 33.3 Å². The molecule has 0 amide bonds. The fourth-order valence-electron chi connectivity index (χ4n) is 2.56. The number of benzene rings is 1. The van der Waals surface area contributed by atoms with Gasteiger partial charge in [0.05, 0.1) is 4.92 Å². The molecule has 0 spiro atoms. The number of nitrogens with zero attached hydrogens (tertiary/aromatic N) is 2. The molecule has 0 aromatic heterocycles. The number of alkyl halides is 3. The minimum atomic E-state index is -5.30. The van der Waals surface area contributed by atoms with Crippen molar-refractivity contribution in [2.24, 2.45) is 5.92 Å². The lowest BCUT2D eigenvalue weighted by atomic mass is 9.98. The molecule has 0 atom stereocenters. The zero-order chi connectivity index (χ0) is 18.8. The second-order valence-corrected chi connectivity index (χ2v) is 7.96. The van der Waals surface area contributed by atoms with Crippen molar-refractivity contribution in [2.75, 3.05) is 25.0 Å². The number of sulfonamides is 1. The summed E-state index contributed by atoms with van der Waals surface area (Å²) in [6.07, 6.45) is 0.452. The maximum Gasteiger partial charge on any atom is 0.511 e. The minimum Gasteiger partial charge on any atom is -0.379 e. The van der Waals surface area contributed by atoms with Crippen molar-refractivity contribution in [1.82, 2.24) is 4.31 Å². The highest BCUT2D eigenvalue weighted by Crippen LogP contribution is 2.31. The van der Waals surface area contributed by atoms with Gasteiger partial charge in [0.2, 0.25) is 0 Å². The predicted octanol–water partition coefficient (Wildman–Crippen LogP) is 3.22. The van der Waals surface area contributed by atoms with Crippen molar-refractivity contribution < 1.29 is 26.5 Å². The number of nitrogens with one attached hydrogen (secondary N) is 1. The predicted molar refractivity (Wildman–Crippen MR) is 85.9 cm³/mol. The number of piperidine rings is 1. The van der Waals surface area contributed by atoms with Crippen LogP contribution in [0.15, 0.2) is 18.2 Å². The molecular formula is C13H15ClF3N3O4S. The van der Waals surface area contributed by atoms with Gasteiger partial charge >= 0.3 is 15.5 Å². The Morgan fingerprint density at radius 3 is 2.44 bits per heavy atom. The first-order chi connectivity index (χ1) is 11.5. The van der Waals surface area contributed by atoms with Gasteiger partial charge in [-0.3, -0.25) is 10.1 Å². The number of hydrogen-bond acceptors (Lipinski definition) is 5. The molecule has 7 nitrogen and oxygen atoms in total. The molecule has 0 unspecified atom stereocenters. The van der Waals surface area contributed by atoms with E-state index in [1.165, 1.54) is 18.2 Å². The number of rotatable bonds is 5. The van der Waals surface area contributed by atoms with Gasteiger partial charge in [-0.25, -0.2) is 8.42 Å². The number of halogens is 4. The molecule has 2 rings (SSSR count). The molecule has 0 bridgehead atoms. The molecule has 12 heteroatoms. The molecule has 0 radical (unpaired) electrons. The van der Waals surface area contributed by atoms with E-state index in [4.69, 9.17) is 11.6 Å². The summed E-state index contributed by atoms with van der Waals surface area (Å²) in [6.45, 7) is -0.198. The van der Waals surface area contributed by atoms with Crippen molar-refractivity contribution in [2.45, 2.75) is 18.3 Å². The van der Waals surface area contributed by atoms with E-state index < -0.39 is 20.5 Å². The van der Waals surface area contributed by atoms with Crippen LogP contribution in [0.3, 0.4) is 0 Å². The van der Waals surface area contributed by atoms with Crippen LogP contribution in [0.5, 0.6) is 0 Å². The summed E-state index contributed by atoms with van der Waals surface area (Å²) in [5.74, 6) is -0.102. The summed E-state index contributed by atoms with van der Waals surface area (Å²) in [7, 11) is -5.30. The van der Waals surface area contributed by atoms with Gasteiger partial charge in [0.25, 0.3) is 5.69 Å². The molecule has 0 saturated carbocycles. The van der Waals surface area contributed by atoms with E-state index in [-0.39, 0.29) is 54.8 Å². The molecule has 0 aliphatic carbocycles. The van der Waals surface area contributed by atoms with Crippen LogP contribution in [0.4, 0.5) is 24.5 Å².